The Kier molecular flexibility index (Phi) is 4.16. The summed E-state index contributed by atoms with van der Waals surface area (Å²) in [5.41, 5.74) is 1.35. The summed E-state index contributed by atoms with van der Waals surface area (Å²) in [6.45, 7) is 5.57. The van der Waals surface area contributed by atoms with Crippen LogP contribution in [0, 0.1) is 0 Å². The van der Waals surface area contributed by atoms with Gasteiger partial charge in [0.2, 0.25) is 0 Å². The molecule has 126 valence electrons. The Hall–Kier alpha value is -2.22. The molecule has 0 fully saturated rings. The van der Waals surface area contributed by atoms with Crippen molar-refractivity contribution in [3.05, 3.63) is 40.4 Å². The van der Waals surface area contributed by atoms with Crippen LogP contribution in [0.25, 0.3) is 5.69 Å². The SMILES string of the molecule is CC(C)(C)OC(=O)N1CCc2c(cnn2-c2ccnc(Br)c2)C1=O. The molecule has 8 heteroatoms. The summed E-state index contributed by atoms with van der Waals surface area (Å²) in [7, 11) is 0. The maximum absolute atomic E-state index is 12.6. The fourth-order valence-electron chi connectivity index (χ4n) is 2.50. The summed E-state index contributed by atoms with van der Waals surface area (Å²) >= 11 is 3.32. The van der Waals surface area contributed by atoms with Crippen LogP contribution in [0.4, 0.5) is 4.79 Å². The molecular weight excluding hydrogens is 376 g/mol. The van der Waals surface area contributed by atoms with Crippen LogP contribution in [0.15, 0.2) is 29.1 Å². The summed E-state index contributed by atoms with van der Waals surface area (Å²) < 4.78 is 7.68. The van der Waals surface area contributed by atoms with E-state index in [1.54, 1.807) is 31.6 Å². The zero-order valence-corrected chi connectivity index (χ0v) is 15.2. The monoisotopic (exact) mass is 392 g/mol. The van der Waals surface area contributed by atoms with Crippen LogP contribution in [-0.4, -0.2) is 43.8 Å². The highest BCUT2D eigenvalue weighted by Crippen LogP contribution is 2.24. The first-order chi connectivity index (χ1) is 11.3. The highest BCUT2D eigenvalue weighted by molar-refractivity contribution is 9.10. The molecule has 0 saturated carbocycles. The van der Waals surface area contributed by atoms with E-state index in [1.165, 1.54) is 6.20 Å². The van der Waals surface area contributed by atoms with Gasteiger partial charge < -0.3 is 4.74 Å². The first kappa shape index (κ1) is 16.6. The van der Waals surface area contributed by atoms with Crippen molar-refractivity contribution in [3.8, 4) is 5.69 Å². The second-order valence-electron chi connectivity index (χ2n) is 6.44. The molecule has 2 aromatic heterocycles. The van der Waals surface area contributed by atoms with Gasteiger partial charge >= 0.3 is 6.09 Å². The normalized spacial score (nSPS) is 14.5. The summed E-state index contributed by atoms with van der Waals surface area (Å²) in [5, 5.41) is 4.30. The molecule has 0 unspecified atom stereocenters. The molecule has 0 aromatic carbocycles. The smallest absolute Gasteiger partial charge is 0.417 e. The molecule has 0 spiro atoms. The number of aromatic nitrogens is 3. The quantitative estimate of drug-likeness (QED) is 0.697. The van der Waals surface area contributed by atoms with Gasteiger partial charge in [0.1, 0.15) is 10.2 Å². The van der Waals surface area contributed by atoms with E-state index in [0.29, 0.717) is 16.6 Å². The Morgan fingerprint density at radius 3 is 2.79 bits per heavy atom. The van der Waals surface area contributed by atoms with Crippen molar-refractivity contribution in [1.82, 2.24) is 19.7 Å². The standard InChI is InChI=1S/C16H17BrN4O3/c1-16(2,3)24-15(23)20-7-5-12-11(14(20)22)9-19-21(12)10-4-6-18-13(17)8-10/h4,6,8-9H,5,7H2,1-3H3. The van der Waals surface area contributed by atoms with Crippen molar-refractivity contribution in [1.29, 1.82) is 0 Å². The lowest BCUT2D eigenvalue weighted by molar-refractivity contribution is 0.0233. The minimum atomic E-state index is -0.648. The molecule has 0 aliphatic carbocycles. The van der Waals surface area contributed by atoms with Gasteiger partial charge in [0, 0.05) is 19.2 Å². The average molecular weight is 393 g/mol. The van der Waals surface area contributed by atoms with Crippen LogP contribution < -0.4 is 0 Å². The molecule has 0 saturated heterocycles. The van der Waals surface area contributed by atoms with Crippen LogP contribution in [0.2, 0.25) is 0 Å². The van der Waals surface area contributed by atoms with Crippen molar-refractivity contribution in [3.63, 3.8) is 0 Å². The molecule has 0 radical (unpaired) electrons. The number of rotatable bonds is 1. The van der Waals surface area contributed by atoms with Gasteiger partial charge in [0.25, 0.3) is 5.91 Å². The van der Waals surface area contributed by atoms with E-state index in [9.17, 15) is 9.59 Å². The molecule has 3 heterocycles. The molecular formula is C16H17BrN4O3. The molecule has 7 nitrogen and oxygen atoms in total. The van der Waals surface area contributed by atoms with E-state index in [0.717, 1.165) is 16.3 Å². The minimum absolute atomic E-state index is 0.263. The van der Waals surface area contributed by atoms with Crippen molar-refractivity contribution >= 4 is 27.9 Å². The van der Waals surface area contributed by atoms with E-state index in [1.807, 2.05) is 12.1 Å². The maximum atomic E-state index is 12.6. The Bertz CT molecular complexity index is 810. The number of amides is 2. The Morgan fingerprint density at radius 2 is 2.12 bits per heavy atom. The van der Waals surface area contributed by atoms with Crippen molar-refractivity contribution < 1.29 is 14.3 Å². The largest absolute Gasteiger partial charge is 0.443 e. The van der Waals surface area contributed by atoms with Crippen LogP contribution in [0.1, 0.15) is 36.8 Å². The number of ether oxygens (including phenoxy) is 1. The van der Waals surface area contributed by atoms with E-state index < -0.39 is 11.7 Å². The summed E-state index contributed by atoms with van der Waals surface area (Å²) in [6.07, 6.45) is 3.03. The first-order valence-electron chi connectivity index (χ1n) is 7.50. The molecule has 0 bridgehead atoms. The Balaban J connectivity index is 1.89. The fourth-order valence-corrected chi connectivity index (χ4v) is 2.85. The Morgan fingerprint density at radius 1 is 1.38 bits per heavy atom. The fraction of sp³-hybridized carbons (Fsp3) is 0.375. The number of carbonyl (C=O) groups is 2. The topological polar surface area (TPSA) is 77.3 Å². The van der Waals surface area contributed by atoms with Gasteiger partial charge in [0.15, 0.2) is 0 Å². The summed E-state index contributed by atoms with van der Waals surface area (Å²) in [6, 6.07) is 3.63. The molecule has 3 rings (SSSR count). The van der Waals surface area contributed by atoms with Gasteiger partial charge in [-0.25, -0.2) is 19.4 Å². The van der Waals surface area contributed by atoms with E-state index >= 15 is 0 Å². The van der Waals surface area contributed by atoms with Gasteiger partial charge in [-0.05, 0) is 48.8 Å². The molecule has 24 heavy (non-hydrogen) atoms. The first-order valence-corrected chi connectivity index (χ1v) is 8.29. The van der Waals surface area contributed by atoms with Crippen LogP contribution in [-0.2, 0) is 11.2 Å². The van der Waals surface area contributed by atoms with Crippen LogP contribution >= 0.6 is 15.9 Å². The number of fused-ring (bicyclic) bond motifs is 1. The lowest BCUT2D eigenvalue weighted by atomic mass is 10.1. The maximum Gasteiger partial charge on any atom is 0.417 e. The number of carbonyl (C=O) groups excluding carboxylic acids is 2. The van der Waals surface area contributed by atoms with Crippen molar-refractivity contribution in [2.45, 2.75) is 32.8 Å². The van der Waals surface area contributed by atoms with Gasteiger partial charge in [-0.3, -0.25) is 4.79 Å². The highest BCUT2D eigenvalue weighted by atomic mass is 79.9. The number of halogens is 1. The van der Waals surface area contributed by atoms with Crippen LogP contribution in [0.5, 0.6) is 0 Å². The van der Waals surface area contributed by atoms with Gasteiger partial charge in [0.05, 0.1) is 23.1 Å². The molecule has 2 amide bonds. The van der Waals surface area contributed by atoms with Gasteiger partial charge in [-0.1, -0.05) is 0 Å². The number of hydrogen-bond donors (Lipinski definition) is 0. The third kappa shape index (κ3) is 3.19. The number of nitrogens with zero attached hydrogens (tertiary/aromatic N) is 4. The van der Waals surface area contributed by atoms with E-state index in [-0.39, 0.29) is 12.5 Å². The zero-order chi connectivity index (χ0) is 17.5. The molecule has 1 aliphatic heterocycles. The van der Waals surface area contributed by atoms with E-state index in [2.05, 4.69) is 26.0 Å². The van der Waals surface area contributed by atoms with Crippen molar-refractivity contribution in [2.24, 2.45) is 0 Å². The van der Waals surface area contributed by atoms with Gasteiger partial charge in [-0.2, -0.15) is 5.10 Å². The minimum Gasteiger partial charge on any atom is -0.443 e. The van der Waals surface area contributed by atoms with Crippen LogP contribution in [0.3, 0.4) is 0 Å². The third-order valence-corrected chi connectivity index (χ3v) is 3.92. The second-order valence-corrected chi connectivity index (χ2v) is 7.25. The average Bonchev–Trinajstić information content (AvgIpc) is 2.90. The van der Waals surface area contributed by atoms with Gasteiger partial charge in [-0.15, -0.1) is 0 Å². The van der Waals surface area contributed by atoms with Crippen molar-refractivity contribution in [2.75, 3.05) is 6.54 Å². The highest BCUT2D eigenvalue weighted by Gasteiger charge is 2.34. The molecule has 0 N–H and O–H groups in total. The zero-order valence-electron chi connectivity index (χ0n) is 13.6. The Labute approximate surface area is 147 Å². The van der Waals surface area contributed by atoms with E-state index in [4.69, 9.17) is 4.74 Å². The second kappa shape index (κ2) is 6.01. The number of pyridine rings is 1. The molecule has 1 aliphatic rings. The lowest BCUT2D eigenvalue weighted by Crippen LogP contribution is -2.44. The predicted octanol–water partition coefficient (Wildman–Crippen LogP) is 2.96. The number of imide groups is 1. The molecule has 2 aromatic rings. The molecule has 0 atom stereocenters. The third-order valence-electron chi connectivity index (χ3n) is 3.49. The number of hydrogen-bond acceptors (Lipinski definition) is 5. The lowest BCUT2D eigenvalue weighted by Gasteiger charge is -2.28. The predicted molar refractivity (Wildman–Crippen MR) is 90.0 cm³/mol. The summed E-state index contributed by atoms with van der Waals surface area (Å²) in [5.74, 6) is -0.384. The summed E-state index contributed by atoms with van der Waals surface area (Å²) in [4.78, 5) is 30.0.